The van der Waals surface area contributed by atoms with Crippen molar-refractivity contribution < 1.29 is 9.59 Å². The highest BCUT2D eigenvalue weighted by Crippen LogP contribution is 2.09. The number of anilines is 1. The molecule has 1 aliphatic heterocycles. The number of carbonyl (C=O) groups excluding carboxylic acids is 2. The second-order valence-electron chi connectivity index (χ2n) is 5.11. The summed E-state index contributed by atoms with van der Waals surface area (Å²) in [4.78, 5) is 35.8. The minimum Gasteiger partial charge on any atom is -0.345 e. The van der Waals surface area contributed by atoms with Crippen LogP contribution in [-0.4, -0.2) is 58.9 Å². The summed E-state index contributed by atoms with van der Waals surface area (Å²) in [6.45, 7) is 6.12. The van der Waals surface area contributed by atoms with Crippen LogP contribution in [0.2, 0.25) is 0 Å². The highest BCUT2D eigenvalue weighted by molar-refractivity contribution is 6.35. The van der Waals surface area contributed by atoms with Crippen LogP contribution in [0.1, 0.15) is 20.3 Å². The van der Waals surface area contributed by atoms with Crippen LogP contribution in [0.5, 0.6) is 0 Å². The number of rotatable bonds is 3. The summed E-state index contributed by atoms with van der Waals surface area (Å²) in [5.41, 5.74) is 0. The van der Waals surface area contributed by atoms with Crippen LogP contribution < -0.4 is 10.2 Å². The SMILES string of the molecule is CCC(C)NC(=O)C(=O)N1CCN(c2ncccn2)CC1. The van der Waals surface area contributed by atoms with Gasteiger partial charge in [0.2, 0.25) is 5.95 Å². The third-order valence-corrected chi connectivity index (χ3v) is 3.59. The Kier molecular flexibility index (Phi) is 5.08. The Morgan fingerprint density at radius 1 is 1.24 bits per heavy atom. The highest BCUT2D eigenvalue weighted by Gasteiger charge is 2.27. The first-order valence-corrected chi connectivity index (χ1v) is 7.23. The molecule has 2 amide bonds. The Morgan fingerprint density at radius 3 is 2.43 bits per heavy atom. The second kappa shape index (κ2) is 7.01. The molecule has 0 bridgehead atoms. The van der Waals surface area contributed by atoms with Gasteiger partial charge >= 0.3 is 11.8 Å². The van der Waals surface area contributed by atoms with Crippen LogP contribution in [0.15, 0.2) is 18.5 Å². The van der Waals surface area contributed by atoms with Crippen molar-refractivity contribution in [3.8, 4) is 0 Å². The number of aromatic nitrogens is 2. The fourth-order valence-electron chi connectivity index (χ4n) is 2.10. The molecule has 2 heterocycles. The predicted octanol–water partition coefficient (Wildman–Crippen LogP) is 0.0399. The molecule has 1 unspecified atom stereocenters. The maximum absolute atomic E-state index is 12.1. The molecule has 1 atom stereocenters. The molecule has 0 spiro atoms. The van der Waals surface area contributed by atoms with Crippen LogP contribution in [0, 0.1) is 0 Å². The van der Waals surface area contributed by atoms with Crippen molar-refractivity contribution in [3.05, 3.63) is 18.5 Å². The van der Waals surface area contributed by atoms with Gasteiger partial charge < -0.3 is 15.1 Å². The largest absolute Gasteiger partial charge is 0.345 e. The zero-order chi connectivity index (χ0) is 15.2. The number of hydrogen-bond acceptors (Lipinski definition) is 5. The molecule has 2 rings (SSSR count). The minimum absolute atomic E-state index is 0.0143. The van der Waals surface area contributed by atoms with E-state index >= 15 is 0 Å². The maximum atomic E-state index is 12.1. The second-order valence-corrected chi connectivity index (χ2v) is 5.11. The van der Waals surface area contributed by atoms with Crippen LogP contribution in [-0.2, 0) is 9.59 Å². The van der Waals surface area contributed by atoms with E-state index in [9.17, 15) is 9.59 Å². The van der Waals surface area contributed by atoms with Gasteiger partial charge in [-0.3, -0.25) is 9.59 Å². The first-order valence-electron chi connectivity index (χ1n) is 7.23. The Bertz CT molecular complexity index is 485. The van der Waals surface area contributed by atoms with Gasteiger partial charge in [-0.15, -0.1) is 0 Å². The average molecular weight is 291 g/mol. The van der Waals surface area contributed by atoms with E-state index in [2.05, 4.69) is 15.3 Å². The van der Waals surface area contributed by atoms with E-state index in [1.165, 1.54) is 0 Å². The van der Waals surface area contributed by atoms with Crippen LogP contribution in [0.25, 0.3) is 0 Å². The maximum Gasteiger partial charge on any atom is 0.312 e. The van der Waals surface area contributed by atoms with E-state index in [1.54, 1.807) is 23.4 Å². The van der Waals surface area contributed by atoms with E-state index in [4.69, 9.17) is 0 Å². The van der Waals surface area contributed by atoms with Gasteiger partial charge in [0.15, 0.2) is 0 Å². The molecule has 21 heavy (non-hydrogen) atoms. The lowest BCUT2D eigenvalue weighted by Gasteiger charge is -2.34. The first kappa shape index (κ1) is 15.2. The highest BCUT2D eigenvalue weighted by atomic mass is 16.2. The van der Waals surface area contributed by atoms with Crippen LogP contribution in [0.3, 0.4) is 0 Å². The third-order valence-electron chi connectivity index (χ3n) is 3.59. The van der Waals surface area contributed by atoms with Gasteiger partial charge in [-0.05, 0) is 19.4 Å². The van der Waals surface area contributed by atoms with Crippen molar-refractivity contribution in [2.24, 2.45) is 0 Å². The molecule has 1 N–H and O–H groups in total. The zero-order valence-electron chi connectivity index (χ0n) is 12.5. The van der Waals surface area contributed by atoms with Crippen molar-refractivity contribution in [2.75, 3.05) is 31.1 Å². The standard InChI is InChI=1S/C14H21N5O2/c1-3-11(2)17-12(20)13(21)18-7-9-19(10-8-18)14-15-5-4-6-16-14/h4-6,11H,3,7-10H2,1-2H3,(H,17,20). The fraction of sp³-hybridized carbons (Fsp3) is 0.571. The van der Waals surface area contributed by atoms with E-state index in [0.717, 1.165) is 6.42 Å². The lowest BCUT2D eigenvalue weighted by atomic mass is 10.2. The summed E-state index contributed by atoms with van der Waals surface area (Å²) >= 11 is 0. The Hall–Kier alpha value is -2.18. The van der Waals surface area contributed by atoms with Gasteiger partial charge in [-0.25, -0.2) is 9.97 Å². The Morgan fingerprint density at radius 2 is 1.86 bits per heavy atom. The zero-order valence-corrected chi connectivity index (χ0v) is 12.5. The summed E-state index contributed by atoms with van der Waals surface area (Å²) in [6.07, 6.45) is 4.19. The summed E-state index contributed by atoms with van der Waals surface area (Å²) in [5, 5.41) is 2.70. The number of hydrogen-bond donors (Lipinski definition) is 1. The van der Waals surface area contributed by atoms with Crippen LogP contribution in [0.4, 0.5) is 5.95 Å². The Labute approximate surface area is 124 Å². The van der Waals surface area contributed by atoms with Crippen molar-refractivity contribution in [1.82, 2.24) is 20.2 Å². The molecule has 7 heteroatoms. The summed E-state index contributed by atoms with van der Waals surface area (Å²) in [6, 6.07) is 1.78. The van der Waals surface area contributed by atoms with Gasteiger partial charge in [0.05, 0.1) is 0 Å². The number of amides is 2. The summed E-state index contributed by atoms with van der Waals surface area (Å²) < 4.78 is 0. The van der Waals surface area contributed by atoms with E-state index < -0.39 is 11.8 Å². The minimum atomic E-state index is -0.520. The monoisotopic (exact) mass is 291 g/mol. The van der Waals surface area contributed by atoms with Gasteiger partial charge in [-0.2, -0.15) is 0 Å². The summed E-state index contributed by atoms with van der Waals surface area (Å²) in [7, 11) is 0. The Balaban J connectivity index is 1.86. The van der Waals surface area contributed by atoms with Crippen LogP contribution >= 0.6 is 0 Å². The molecule has 1 aliphatic rings. The normalized spacial score (nSPS) is 16.5. The predicted molar refractivity (Wildman–Crippen MR) is 78.7 cm³/mol. The molecule has 0 aliphatic carbocycles. The number of carbonyl (C=O) groups is 2. The van der Waals surface area contributed by atoms with Gasteiger partial charge in [0, 0.05) is 44.6 Å². The van der Waals surface area contributed by atoms with Crippen molar-refractivity contribution >= 4 is 17.8 Å². The molecule has 1 fully saturated rings. The molecule has 0 saturated carbocycles. The smallest absolute Gasteiger partial charge is 0.312 e. The molecule has 0 radical (unpaired) electrons. The van der Waals surface area contributed by atoms with Crippen molar-refractivity contribution in [2.45, 2.75) is 26.3 Å². The molecule has 1 aromatic rings. The van der Waals surface area contributed by atoms with Gasteiger partial charge in [0.25, 0.3) is 0 Å². The third kappa shape index (κ3) is 3.90. The fourth-order valence-corrected chi connectivity index (χ4v) is 2.10. The van der Waals surface area contributed by atoms with Gasteiger partial charge in [0.1, 0.15) is 0 Å². The lowest BCUT2D eigenvalue weighted by molar-refractivity contribution is -0.146. The molecule has 7 nitrogen and oxygen atoms in total. The molecular formula is C14H21N5O2. The number of piperazine rings is 1. The van der Waals surface area contributed by atoms with Crippen molar-refractivity contribution in [3.63, 3.8) is 0 Å². The van der Waals surface area contributed by atoms with E-state index in [-0.39, 0.29) is 6.04 Å². The molecule has 1 aromatic heterocycles. The first-order chi connectivity index (χ1) is 10.1. The average Bonchev–Trinajstić information content (AvgIpc) is 2.55. The molecule has 0 aromatic carbocycles. The molecule has 1 saturated heterocycles. The molecular weight excluding hydrogens is 270 g/mol. The number of nitrogens with one attached hydrogen (secondary N) is 1. The van der Waals surface area contributed by atoms with Gasteiger partial charge in [-0.1, -0.05) is 6.92 Å². The number of nitrogens with zero attached hydrogens (tertiary/aromatic N) is 4. The summed E-state index contributed by atoms with van der Waals surface area (Å²) in [5.74, 6) is -0.314. The van der Waals surface area contributed by atoms with Crippen molar-refractivity contribution in [1.29, 1.82) is 0 Å². The van der Waals surface area contributed by atoms with E-state index in [0.29, 0.717) is 32.1 Å². The molecule has 114 valence electrons. The quantitative estimate of drug-likeness (QED) is 0.796. The lowest BCUT2D eigenvalue weighted by Crippen LogP contribution is -2.53. The topological polar surface area (TPSA) is 78.4 Å². The van der Waals surface area contributed by atoms with E-state index in [1.807, 2.05) is 18.7 Å².